The molecule has 0 aliphatic heterocycles. The van der Waals surface area contributed by atoms with Crippen LogP contribution >= 0.6 is 0 Å². The summed E-state index contributed by atoms with van der Waals surface area (Å²) in [4.78, 5) is 9.00. The molecule has 1 aromatic carbocycles. The van der Waals surface area contributed by atoms with Crippen molar-refractivity contribution in [3.05, 3.63) is 35.5 Å². The predicted molar refractivity (Wildman–Crippen MR) is 95.3 cm³/mol. The number of nitrogens with zero attached hydrogens (tertiary/aromatic N) is 3. The van der Waals surface area contributed by atoms with Gasteiger partial charge in [0, 0.05) is 0 Å². The zero-order valence-corrected chi connectivity index (χ0v) is 14.8. The molecule has 1 atom stereocenters. The van der Waals surface area contributed by atoms with Crippen LogP contribution in [-0.4, -0.2) is 15.1 Å². The summed E-state index contributed by atoms with van der Waals surface area (Å²) in [6, 6.07) is 6.45. The highest BCUT2D eigenvalue weighted by molar-refractivity contribution is 5.75. The average molecular weight is 340 g/mol. The molecule has 1 saturated carbocycles. The smallest absolute Gasteiger partial charge is 0.296 e. The zero-order valence-electron chi connectivity index (χ0n) is 14.8. The van der Waals surface area contributed by atoms with Crippen molar-refractivity contribution in [3.8, 4) is 0 Å². The van der Waals surface area contributed by atoms with Crippen molar-refractivity contribution < 1.29 is 8.94 Å². The lowest BCUT2D eigenvalue weighted by atomic mass is 9.85. The van der Waals surface area contributed by atoms with Crippen molar-refractivity contribution in [1.29, 1.82) is 0 Å². The largest absolute Gasteiger partial charge is 0.424 e. The van der Waals surface area contributed by atoms with Crippen LogP contribution in [0.3, 0.4) is 0 Å². The number of oxazole rings is 1. The molecule has 2 heterocycles. The first-order chi connectivity index (χ1) is 12.2. The van der Waals surface area contributed by atoms with Crippen molar-refractivity contribution in [1.82, 2.24) is 15.1 Å². The van der Waals surface area contributed by atoms with Gasteiger partial charge in [-0.25, -0.2) is 0 Å². The van der Waals surface area contributed by atoms with Crippen molar-refractivity contribution in [2.75, 3.05) is 5.32 Å². The first-order valence-electron chi connectivity index (χ1n) is 9.11. The van der Waals surface area contributed by atoms with Gasteiger partial charge in [-0.05, 0) is 43.9 Å². The molecule has 0 bridgehead atoms. The topological polar surface area (TPSA) is 77.0 Å². The highest BCUT2D eigenvalue weighted by Gasteiger charge is 2.25. The Labute approximate surface area is 147 Å². The van der Waals surface area contributed by atoms with Gasteiger partial charge in [0.1, 0.15) is 11.6 Å². The maximum Gasteiger partial charge on any atom is 0.296 e. The molecule has 1 N–H and O–H groups in total. The molecule has 25 heavy (non-hydrogen) atoms. The molecular formula is C19H24N4O2. The van der Waals surface area contributed by atoms with Gasteiger partial charge >= 0.3 is 0 Å². The highest BCUT2D eigenvalue weighted by atomic mass is 16.5. The molecule has 4 rings (SSSR count). The van der Waals surface area contributed by atoms with Crippen LogP contribution in [0.15, 0.2) is 27.1 Å². The molecule has 2 aromatic heterocycles. The van der Waals surface area contributed by atoms with Crippen LogP contribution in [0.4, 0.5) is 6.01 Å². The summed E-state index contributed by atoms with van der Waals surface area (Å²) in [6.45, 7) is 3.89. The number of anilines is 1. The Hall–Kier alpha value is -2.37. The number of aryl methyl sites for hydroxylation is 2. The zero-order chi connectivity index (χ0) is 17.2. The number of hydrogen-bond donors (Lipinski definition) is 1. The molecule has 0 radical (unpaired) electrons. The molecule has 6 nitrogen and oxygen atoms in total. The molecule has 0 amide bonds. The van der Waals surface area contributed by atoms with Crippen LogP contribution in [-0.2, 0) is 0 Å². The van der Waals surface area contributed by atoms with E-state index in [1.54, 1.807) is 0 Å². The second-order valence-electron chi connectivity index (χ2n) is 7.11. The third kappa shape index (κ3) is 3.67. The maximum absolute atomic E-state index is 5.86. The van der Waals surface area contributed by atoms with Crippen LogP contribution in [0.25, 0.3) is 11.1 Å². The molecule has 1 aliphatic carbocycles. The predicted octanol–water partition coefficient (Wildman–Crippen LogP) is 4.95. The second-order valence-corrected chi connectivity index (χ2v) is 7.11. The Morgan fingerprint density at radius 1 is 1.16 bits per heavy atom. The fourth-order valence-electron chi connectivity index (χ4n) is 3.68. The minimum atomic E-state index is -0.0709. The lowest BCUT2D eigenvalue weighted by Gasteiger charge is -2.24. The number of hydrogen-bond acceptors (Lipinski definition) is 6. The normalized spacial score (nSPS) is 17.0. The van der Waals surface area contributed by atoms with Crippen LogP contribution in [0.1, 0.15) is 61.8 Å². The van der Waals surface area contributed by atoms with Gasteiger partial charge in [-0.3, -0.25) is 0 Å². The van der Waals surface area contributed by atoms with Gasteiger partial charge in [-0.1, -0.05) is 43.3 Å². The van der Waals surface area contributed by atoms with E-state index in [0.717, 1.165) is 17.5 Å². The maximum atomic E-state index is 5.86. The lowest BCUT2D eigenvalue weighted by Crippen LogP contribution is -2.18. The molecule has 1 fully saturated rings. The number of rotatable bonds is 5. The minimum absolute atomic E-state index is 0.0709. The van der Waals surface area contributed by atoms with Crippen LogP contribution in [0.5, 0.6) is 0 Å². The standard InChI is InChI=1S/C19H24N4O2/c1-12-8-9-17-15(10-12)21-19(24-17)22-16(18-20-13(2)23-25-18)11-14-6-4-3-5-7-14/h8-10,14,16H,3-7,11H2,1-2H3,(H,21,22). The molecule has 132 valence electrons. The summed E-state index contributed by atoms with van der Waals surface area (Å²) in [5.74, 6) is 1.94. The summed E-state index contributed by atoms with van der Waals surface area (Å²) in [6.07, 6.45) is 7.44. The summed E-state index contributed by atoms with van der Waals surface area (Å²) in [5, 5.41) is 7.34. The SMILES string of the molecule is Cc1ccc2oc(NC(CC3CCCCC3)c3nc(C)no3)nc2c1. The van der Waals surface area contributed by atoms with Gasteiger partial charge in [-0.15, -0.1) is 0 Å². The molecular weight excluding hydrogens is 316 g/mol. The van der Waals surface area contributed by atoms with Gasteiger partial charge in [-0.2, -0.15) is 9.97 Å². The Morgan fingerprint density at radius 3 is 2.76 bits per heavy atom. The molecule has 6 heteroatoms. The molecule has 0 saturated heterocycles. The van der Waals surface area contributed by atoms with E-state index < -0.39 is 0 Å². The van der Waals surface area contributed by atoms with Crippen molar-refractivity contribution in [2.45, 2.75) is 58.4 Å². The number of benzene rings is 1. The van der Waals surface area contributed by atoms with E-state index in [1.807, 2.05) is 32.0 Å². The Bertz CT molecular complexity index is 848. The van der Waals surface area contributed by atoms with Crippen molar-refractivity contribution in [2.24, 2.45) is 5.92 Å². The van der Waals surface area contributed by atoms with E-state index in [-0.39, 0.29) is 6.04 Å². The first-order valence-corrected chi connectivity index (χ1v) is 9.11. The van der Waals surface area contributed by atoms with Crippen LogP contribution in [0.2, 0.25) is 0 Å². The summed E-state index contributed by atoms with van der Waals surface area (Å²) < 4.78 is 11.3. The monoisotopic (exact) mass is 340 g/mol. The van der Waals surface area contributed by atoms with Gasteiger partial charge in [0.2, 0.25) is 5.89 Å². The Kier molecular flexibility index (Phi) is 4.42. The third-order valence-corrected chi connectivity index (χ3v) is 4.98. The Morgan fingerprint density at radius 2 is 2.00 bits per heavy atom. The number of aromatic nitrogens is 3. The van der Waals surface area contributed by atoms with Gasteiger partial charge < -0.3 is 14.3 Å². The average Bonchev–Trinajstić information content (AvgIpc) is 3.20. The summed E-state index contributed by atoms with van der Waals surface area (Å²) >= 11 is 0. The van der Waals surface area contributed by atoms with E-state index >= 15 is 0 Å². The highest BCUT2D eigenvalue weighted by Crippen LogP contribution is 2.33. The quantitative estimate of drug-likeness (QED) is 0.708. The van der Waals surface area contributed by atoms with Crippen LogP contribution in [0, 0.1) is 19.8 Å². The summed E-state index contributed by atoms with van der Waals surface area (Å²) in [7, 11) is 0. The van der Waals surface area contributed by atoms with E-state index in [9.17, 15) is 0 Å². The van der Waals surface area contributed by atoms with Crippen molar-refractivity contribution in [3.63, 3.8) is 0 Å². The van der Waals surface area contributed by atoms with Gasteiger partial charge in [0.15, 0.2) is 11.4 Å². The number of fused-ring (bicyclic) bond motifs is 1. The second kappa shape index (κ2) is 6.86. The van der Waals surface area contributed by atoms with Crippen molar-refractivity contribution >= 4 is 17.1 Å². The first kappa shape index (κ1) is 16.1. The Balaban J connectivity index is 1.57. The molecule has 1 aliphatic rings. The lowest BCUT2D eigenvalue weighted by molar-refractivity contribution is 0.290. The van der Waals surface area contributed by atoms with Crippen LogP contribution < -0.4 is 5.32 Å². The van der Waals surface area contributed by atoms with Gasteiger partial charge in [0.25, 0.3) is 6.01 Å². The van der Waals surface area contributed by atoms with E-state index in [1.165, 1.54) is 37.7 Å². The fourth-order valence-corrected chi connectivity index (χ4v) is 3.68. The molecule has 3 aromatic rings. The third-order valence-electron chi connectivity index (χ3n) is 4.98. The van der Waals surface area contributed by atoms with Gasteiger partial charge in [0.05, 0.1) is 0 Å². The summed E-state index contributed by atoms with van der Waals surface area (Å²) in [5.41, 5.74) is 2.81. The minimum Gasteiger partial charge on any atom is -0.424 e. The van der Waals surface area contributed by atoms with E-state index in [4.69, 9.17) is 8.94 Å². The molecule has 1 unspecified atom stereocenters. The molecule has 0 spiro atoms. The van der Waals surface area contributed by atoms with E-state index in [0.29, 0.717) is 23.6 Å². The van der Waals surface area contributed by atoms with E-state index in [2.05, 4.69) is 20.4 Å². The fraction of sp³-hybridized carbons (Fsp3) is 0.526. The number of nitrogens with one attached hydrogen (secondary N) is 1.